The van der Waals surface area contributed by atoms with E-state index in [1.165, 1.54) is 35.2 Å². The fourth-order valence-electron chi connectivity index (χ4n) is 3.30. The fraction of sp³-hybridized carbons (Fsp3) is 0.150. The maximum absolute atomic E-state index is 13.7. The summed E-state index contributed by atoms with van der Waals surface area (Å²) < 4.78 is 44.1. The Morgan fingerprint density at radius 1 is 1.12 bits per heavy atom. The van der Waals surface area contributed by atoms with Gasteiger partial charge in [0.15, 0.2) is 11.5 Å². The van der Waals surface area contributed by atoms with Gasteiger partial charge in [0.25, 0.3) is 5.56 Å². The van der Waals surface area contributed by atoms with Crippen LogP contribution < -0.4 is 10.9 Å². The summed E-state index contributed by atoms with van der Waals surface area (Å²) in [6, 6.07) is 3.70. The molecule has 0 spiro atoms. The van der Waals surface area contributed by atoms with E-state index in [1.54, 1.807) is 17.1 Å². The van der Waals surface area contributed by atoms with Crippen LogP contribution in [-0.2, 0) is 12.7 Å². The van der Waals surface area contributed by atoms with E-state index < -0.39 is 17.3 Å². The highest BCUT2D eigenvalue weighted by atomic mass is 19.4. The monoisotopic (exact) mass is 453 g/mol. The van der Waals surface area contributed by atoms with Crippen molar-refractivity contribution in [1.82, 2.24) is 39.3 Å². The van der Waals surface area contributed by atoms with Gasteiger partial charge in [-0.3, -0.25) is 14.5 Å². The maximum atomic E-state index is 13.7. The minimum atomic E-state index is -4.65. The molecular formula is C20H14F3N9O. The Hall–Kier alpha value is -4.42. The van der Waals surface area contributed by atoms with Crippen LogP contribution in [0, 0.1) is 0 Å². The molecule has 0 atom stereocenters. The van der Waals surface area contributed by atoms with Crippen molar-refractivity contribution in [3.05, 3.63) is 65.1 Å². The number of alkyl halides is 3. The smallest absolute Gasteiger partial charge is 0.318 e. The van der Waals surface area contributed by atoms with Crippen LogP contribution in [-0.4, -0.2) is 39.3 Å². The molecule has 0 unspecified atom stereocenters. The molecule has 0 bridgehead atoms. The number of rotatable bonds is 4. The van der Waals surface area contributed by atoms with E-state index in [-0.39, 0.29) is 34.0 Å². The molecule has 5 aromatic rings. The highest BCUT2D eigenvalue weighted by molar-refractivity contribution is 5.95. The van der Waals surface area contributed by atoms with Gasteiger partial charge in [-0.1, -0.05) is 6.07 Å². The molecule has 4 aromatic heterocycles. The number of nitrogens with one attached hydrogen (secondary N) is 1. The first-order valence-electron chi connectivity index (χ1n) is 9.72. The first-order valence-corrected chi connectivity index (χ1v) is 9.72. The quantitative estimate of drug-likeness (QED) is 0.441. The fourth-order valence-corrected chi connectivity index (χ4v) is 3.30. The number of halogens is 3. The van der Waals surface area contributed by atoms with Crippen LogP contribution in [0.5, 0.6) is 0 Å². The van der Waals surface area contributed by atoms with Crippen LogP contribution in [0.15, 0.2) is 54.0 Å². The number of nitrogens with zero attached hydrogens (tertiary/aromatic N) is 8. The highest BCUT2D eigenvalue weighted by Crippen LogP contribution is 2.36. The van der Waals surface area contributed by atoms with E-state index in [4.69, 9.17) is 0 Å². The van der Waals surface area contributed by atoms with Crippen LogP contribution in [0.2, 0.25) is 0 Å². The molecule has 0 saturated carbocycles. The maximum Gasteiger partial charge on any atom is 0.418 e. The van der Waals surface area contributed by atoms with E-state index in [2.05, 4.69) is 35.5 Å². The van der Waals surface area contributed by atoms with E-state index in [0.29, 0.717) is 12.1 Å². The lowest BCUT2D eigenvalue weighted by atomic mass is 10.1. The summed E-state index contributed by atoms with van der Waals surface area (Å²) in [5, 5.41) is 11.5. The standard InChI is InChI=1S/C20H14F3N9O/c1-2-31-10-11(8-26-31)16-29-17-12-4-3-5-13(20(21,22)23)15(12)28-19(32(17)30-16)27-14-9-24-6-7-25-18(14)33/h3-10H,2H2,1H3,(H,25,27,28,33). The number of hydrogen-bond donors (Lipinski definition) is 1. The molecule has 0 radical (unpaired) electrons. The Balaban J connectivity index is 1.81. The van der Waals surface area contributed by atoms with Gasteiger partial charge in [-0.2, -0.15) is 22.8 Å². The normalized spacial score (nSPS) is 11.9. The lowest BCUT2D eigenvalue weighted by Gasteiger charge is -2.12. The third kappa shape index (κ3) is 3.62. The third-order valence-corrected chi connectivity index (χ3v) is 4.85. The summed E-state index contributed by atoms with van der Waals surface area (Å²) >= 11 is 0. The lowest BCUT2D eigenvalue weighted by Crippen LogP contribution is -2.13. The molecule has 0 aliphatic heterocycles. The van der Waals surface area contributed by atoms with Crippen molar-refractivity contribution in [3.63, 3.8) is 0 Å². The summed E-state index contributed by atoms with van der Waals surface area (Å²) in [4.78, 5) is 28.4. The third-order valence-electron chi connectivity index (χ3n) is 4.85. The van der Waals surface area contributed by atoms with Gasteiger partial charge in [-0.15, -0.1) is 5.10 Å². The van der Waals surface area contributed by atoms with E-state index in [0.717, 1.165) is 6.07 Å². The average molecular weight is 453 g/mol. The summed E-state index contributed by atoms with van der Waals surface area (Å²) in [6.07, 6.45) is 2.34. The van der Waals surface area contributed by atoms with Crippen LogP contribution in [0.4, 0.5) is 24.8 Å². The largest absolute Gasteiger partial charge is 0.418 e. The van der Waals surface area contributed by atoms with Crippen molar-refractivity contribution in [2.45, 2.75) is 19.6 Å². The first kappa shape index (κ1) is 20.5. The van der Waals surface area contributed by atoms with Crippen LogP contribution in [0.25, 0.3) is 27.9 Å². The average Bonchev–Trinajstić information content (AvgIpc) is 3.39. The summed E-state index contributed by atoms with van der Waals surface area (Å²) in [7, 11) is 0. The Labute approximate surface area is 182 Å². The Morgan fingerprint density at radius 2 is 1.97 bits per heavy atom. The zero-order valence-electron chi connectivity index (χ0n) is 16.9. The van der Waals surface area contributed by atoms with Gasteiger partial charge in [0.1, 0.15) is 5.69 Å². The Bertz CT molecular complexity index is 1560. The van der Waals surface area contributed by atoms with Crippen molar-refractivity contribution >= 4 is 28.2 Å². The van der Waals surface area contributed by atoms with Crippen molar-refractivity contribution in [2.75, 3.05) is 5.32 Å². The van der Waals surface area contributed by atoms with E-state index in [1.807, 2.05) is 6.92 Å². The van der Waals surface area contributed by atoms with Gasteiger partial charge >= 0.3 is 6.18 Å². The van der Waals surface area contributed by atoms with Gasteiger partial charge in [-0.05, 0) is 19.1 Å². The number of para-hydroxylation sites is 1. The zero-order chi connectivity index (χ0) is 23.2. The summed E-state index contributed by atoms with van der Waals surface area (Å²) in [5.41, 5.74) is -1.33. The molecule has 5 rings (SSSR count). The molecule has 13 heteroatoms. The van der Waals surface area contributed by atoms with Gasteiger partial charge in [0.05, 0.1) is 29.0 Å². The molecule has 0 saturated heterocycles. The zero-order valence-corrected chi connectivity index (χ0v) is 16.9. The molecule has 1 N–H and O–H groups in total. The lowest BCUT2D eigenvalue weighted by molar-refractivity contribution is -0.136. The van der Waals surface area contributed by atoms with Gasteiger partial charge in [0.2, 0.25) is 5.95 Å². The molecule has 4 heterocycles. The van der Waals surface area contributed by atoms with Crippen LogP contribution >= 0.6 is 0 Å². The van der Waals surface area contributed by atoms with Crippen molar-refractivity contribution in [3.8, 4) is 11.4 Å². The molecular weight excluding hydrogens is 439 g/mol. The number of aryl methyl sites for hydroxylation is 1. The van der Waals surface area contributed by atoms with Crippen molar-refractivity contribution in [2.24, 2.45) is 0 Å². The molecule has 0 amide bonds. The number of aromatic nitrogens is 8. The second-order valence-electron chi connectivity index (χ2n) is 6.94. The predicted molar refractivity (Wildman–Crippen MR) is 112 cm³/mol. The van der Waals surface area contributed by atoms with Crippen LogP contribution in [0.1, 0.15) is 12.5 Å². The Morgan fingerprint density at radius 3 is 2.73 bits per heavy atom. The highest BCUT2D eigenvalue weighted by Gasteiger charge is 2.34. The summed E-state index contributed by atoms with van der Waals surface area (Å²) in [5.74, 6) is 0.0874. The molecule has 0 fully saturated rings. The molecule has 0 aliphatic carbocycles. The van der Waals surface area contributed by atoms with Gasteiger partial charge in [0, 0.05) is 30.5 Å². The predicted octanol–water partition coefficient (Wildman–Crippen LogP) is 3.07. The number of fused-ring (bicyclic) bond motifs is 3. The second kappa shape index (κ2) is 7.62. The minimum absolute atomic E-state index is 0.0894. The first-order chi connectivity index (χ1) is 15.8. The SMILES string of the molecule is CCn1cc(-c2nc3c4cccc(C(F)(F)F)c4nc(Nc4cnccnc4=O)n3n2)cn1. The number of anilines is 2. The second-order valence-corrected chi connectivity index (χ2v) is 6.94. The molecule has 166 valence electrons. The van der Waals surface area contributed by atoms with Gasteiger partial charge in [-0.25, -0.2) is 15.0 Å². The number of hydrogen-bond acceptors (Lipinski definition) is 8. The molecule has 1 aromatic carbocycles. The number of benzene rings is 1. The minimum Gasteiger partial charge on any atom is -0.318 e. The molecule has 33 heavy (non-hydrogen) atoms. The summed E-state index contributed by atoms with van der Waals surface area (Å²) in [6.45, 7) is 2.53. The van der Waals surface area contributed by atoms with Crippen molar-refractivity contribution < 1.29 is 13.2 Å². The van der Waals surface area contributed by atoms with Gasteiger partial charge < -0.3 is 5.32 Å². The van der Waals surface area contributed by atoms with Crippen molar-refractivity contribution in [1.29, 1.82) is 0 Å². The molecule has 0 aliphatic rings. The van der Waals surface area contributed by atoms with E-state index >= 15 is 0 Å². The molecule has 10 nitrogen and oxygen atoms in total. The van der Waals surface area contributed by atoms with E-state index in [9.17, 15) is 18.0 Å². The van der Waals surface area contributed by atoms with Crippen LogP contribution in [0.3, 0.4) is 0 Å². The topological polar surface area (TPSA) is 116 Å². The Kier molecular flexibility index (Phi) is 4.73.